The Labute approximate surface area is 121 Å². The molecular formula is C15H12N2S2. The second-order valence-electron chi connectivity index (χ2n) is 3.96. The van der Waals surface area contributed by atoms with Gasteiger partial charge < -0.3 is 0 Å². The third-order valence-corrected chi connectivity index (χ3v) is 5.00. The van der Waals surface area contributed by atoms with Crippen LogP contribution in [-0.4, -0.2) is 9.97 Å². The zero-order valence-electron chi connectivity index (χ0n) is 10.2. The summed E-state index contributed by atoms with van der Waals surface area (Å²) in [5, 5.41) is 0. The molecule has 0 aliphatic heterocycles. The van der Waals surface area contributed by atoms with Crippen LogP contribution in [0.4, 0.5) is 0 Å². The number of thioether (sulfide) groups is 2. The van der Waals surface area contributed by atoms with Gasteiger partial charge in [0.05, 0.1) is 0 Å². The van der Waals surface area contributed by atoms with Crippen LogP contribution in [0.3, 0.4) is 0 Å². The van der Waals surface area contributed by atoms with Crippen molar-refractivity contribution in [3.63, 3.8) is 0 Å². The fourth-order valence-corrected chi connectivity index (χ4v) is 3.74. The van der Waals surface area contributed by atoms with Crippen molar-refractivity contribution < 1.29 is 0 Å². The van der Waals surface area contributed by atoms with Crippen LogP contribution in [0.2, 0.25) is 0 Å². The van der Waals surface area contributed by atoms with Gasteiger partial charge in [-0.2, -0.15) is 0 Å². The van der Waals surface area contributed by atoms with E-state index in [9.17, 15) is 0 Å². The van der Waals surface area contributed by atoms with Crippen LogP contribution in [0.15, 0.2) is 80.8 Å². The van der Waals surface area contributed by atoms with Gasteiger partial charge in [0.2, 0.25) is 0 Å². The van der Waals surface area contributed by atoms with Gasteiger partial charge in [-0.15, -0.1) is 0 Å². The van der Waals surface area contributed by atoms with Crippen molar-refractivity contribution in [2.24, 2.45) is 0 Å². The molecule has 0 spiro atoms. The zero-order valence-corrected chi connectivity index (χ0v) is 11.8. The molecule has 2 aromatic rings. The number of pyridine rings is 2. The second kappa shape index (κ2) is 6.08. The van der Waals surface area contributed by atoms with Gasteiger partial charge in [-0.05, 0) is 30.7 Å². The van der Waals surface area contributed by atoms with Gasteiger partial charge in [0.15, 0.2) is 0 Å². The van der Waals surface area contributed by atoms with Gasteiger partial charge >= 0.3 is 0 Å². The summed E-state index contributed by atoms with van der Waals surface area (Å²) in [4.78, 5) is 13.3. The Balaban J connectivity index is 1.78. The number of nitrogens with zero attached hydrogens (tertiary/aromatic N) is 2. The lowest BCUT2D eigenvalue weighted by molar-refractivity contribution is 1.26. The van der Waals surface area contributed by atoms with Gasteiger partial charge in [-0.3, -0.25) is 9.97 Å². The molecule has 4 heteroatoms. The van der Waals surface area contributed by atoms with Crippen molar-refractivity contribution in [2.45, 2.75) is 16.2 Å². The topological polar surface area (TPSA) is 25.8 Å². The number of hydrogen-bond donors (Lipinski definition) is 0. The third-order valence-electron chi connectivity index (χ3n) is 2.62. The van der Waals surface area contributed by atoms with Crippen LogP contribution >= 0.6 is 23.5 Å². The van der Waals surface area contributed by atoms with Crippen molar-refractivity contribution in [1.82, 2.24) is 9.97 Å². The van der Waals surface area contributed by atoms with Crippen LogP contribution in [0.5, 0.6) is 0 Å². The molecule has 0 unspecified atom stereocenters. The molecule has 0 radical (unpaired) electrons. The van der Waals surface area contributed by atoms with Crippen molar-refractivity contribution in [1.29, 1.82) is 0 Å². The SMILES string of the molecule is C1=CC(Sc2ccncc2)=C(Sc2ccncc2)C1. The van der Waals surface area contributed by atoms with Crippen LogP contribution in [-0.2, 0) is 0 Å². The van der Waals surface area contributed by atoms with Crippen LogP contribution in [0, 0.1) is 0 Å². The molecule has 0 saturated carbocycles. The van der Waals surface area contributed by atoms with Gasteiger partial charge in [-0.1, -0.05) is 35.7 Å². The molecule has 19 heavy (non-hydrogen) atoms. The van der Waals surface area contributed by atoms with Gasteiger partial charge in [-0.25, -0.2) is 0 Å². The first-order valence-electron chi connectivity index (χ1n) is 5.97. The molecule has 0 bridgehead atoms. The molecule has 3 rings (SSSR count). The maximum Gasteiger partial charge on any atom is 0.0279 e. The van der Waals surface area contributed by atoms with E-state index in [0.29, 0.717) is 0 Å². The highest BCUT2D eigenvalue weighted by atomic mass is 32.2. The van der Waals surface area contributed by atoms with E-state index in [1.165, 1.54) is 19.6 Å². The van der Waals surface area contributed by atoms with Crippen molar-refractivity contribution in [3.05, 3.63) is 71.0 Å². The lowest BCUT2D eigenvalue weighted by Gasteiger charge is -2.06. The predicted molar refractivity (Wildman–Crippen MR) is 81.0 cm³/mol. The molecule has 2 aromatic heterocycles. The van der Waals surface area contributed by atoms with Gasteiger partial charge in [0, 0.05) is 44.4 Å². The quantitative estimate of drug-likeness (QED) is 0.823. The summed E-state index contributed by atoms with van der Waals surface area (Å²) in [6.07, 6.45) is 12.8. The number of aromatic nitrogens is 2. The van der Waals surface area contributed by atoms with E-state index >= 15 is 0 Å². The lowest BCUT2D eigenvalue weighted by atomic mass is 10.5. The Kier molecular flexibility index (Phi) is 4.01. The molecule has 0 atom stereocenters. The molecule has 2 heterocycles. The highest BCUT2D eigenvalue weighted by Gasteiger charge is 2.12. The fraction of sp³-hybridized carbons (Fsp3) is 0.0667. The smallest absolute Gasteiger partial charge is 0.0279 e. The van der Waals surface area contributed by atoms with E-state index < -0.39 is 0 Å². The summed E-state index contributed by atoms with van der Waals surface area (Å²) in [7, 11) is 0. The Morgan fingerprint density at radius 2 is 1.37 bits per heavy atom. The number of hydrogen-bond acceptors (Lipinski definition) is 4. The van der Waals surface area contributed by atoms with Crippen molar-refractivity contribution >= 4 is 23.5 Å². The maximum atomic E-state index is 4.05. The monoisotopic (exact) mass is 284 g/mol. The van der Waals surface area contributed by atoms with Crippen molar-refractivity contribution in [2.75, 3.05) is 0 Å². The Morgan fingerprint density at radius 1 is 0.789 bits per heavy atom. The average molecular weight is 284 g/mol. The molecule has 0 saturated heterocycles. The lowest BCUT2D eigenvalue weighted by Crippen LogP contribution is -1.79. The first-order valence-corrected chi connectivity index (χ1v) is 7.60. The molecule has 0 N–H and O–H groups in total. The summed E-state index contributed by atoms with van der Waals surface area (Å²) in [5.74, 6) is 0. The fourth-order valence-electron chi connectivity index (χ4n) is 1.73. The first kappa shape index (κ1) is 12.5. The predicted octanol–water partition coefficient (Wildman–Crippen LogP) is 4.53. The molecular weight excluding hydrogens is 272 g/mol. The van der Waals surface area contributed by atoms with Gasteiger partial charge in [0.1, 0.15) is 0 Å². The summed E-state index contributed by atoms with van der Waals surface area (Å²) >= 11 is 3.61. The van der Waals surface area contributed by atoms with E-state index in [2.05, 4.69) is 22.1 Å². The molecule has 1 aliphatic carbocycles. The number of allylic oxidation sites excluding steroid dienone is 3. The van der Waals surface area contributed by atoms with E-state index in [0.717, 1.165) is 6.42 Å². The largest absolute Gasteiger partial charge is 0.265 e. The second-order valence-corrected chi connectivity index (χ2v) is 6.25. The Bertz CT molecular complexity index is 607. The highest BCUT2D eigenvalue weighted by Crippen LogP contribution is 2.41. The summed E-state index contributed by atoms with van der Waals surface area (Å²) in [6.45, 7) is 0. The Morgan fingerprint density at radius 3 is 2.00 bits per heavy atom. The minimum atomic E-state index is 1.01. The van der Waals surface area contributed by atoms with E-state index in [1.54, 1.807) is 11.8 Å². The van der Waals surface area contributed by atoms with E-state index in [1.807, 2.05) is 60.8 Å². The third kappa shape index (κ3) is 3.28. The molecule has 2 nitrogen and oxygen atoms in total. The van der Waals surface area contributed by atoms with Crippen molar-refractivity contribution in [3.8, 4) is 0 Å². The summed E-state index contributed by atoms with van der Waals surface area (Å²) in [6, 6.07) is 8.17. The Hall–Kier alpha value is -1.52. The summed E-state index contributed by atoms with van der Waals surface area (Å²) in [5.41, 5.74) is 0. The van der Waals surface area contributed by atoms with E-state index in [-0.39, 0.29) is 0 Å². The molecule has 0 aromatic carbocycles. The molecule has 0 fully saturated rings. The standard InChI is InChI=1S/C15H12N2S2/c1-2-14(18-12-4-8-16-9-5-12)15(3-1)19-13-6-10-17-11-7-13/h1-2,4-11H,3H2. The summed E-state index contributed by atoms with van der Waals surface area (Å²) < 4.78 is 0. The normalized spacial score (nSPS) is 14.1. The molecule has 1 aliphatic rings. The van der Waals surface area contributed by atoms with Gasteiger partial charge in [0.25, 0.3) is 0 Å². The zero-order chi connectivity index (χ0) is 12.9. The van der Waals surface area contributed by atoms with Crippen LogP contribution in [0.1, 0.15) is 6.42 Å². The molecule has 0 amide bonds. The molecule has 94 valence electrons. The minimum absolute atomic E-state index is 1.01. The number of rotatable bonds is 4. The highest BCUT2D eigenvalue weighted by molar-refractivity contribution is 8.07. The van der Waals surface area contributed by atoms with E-state index in [4.69, 9.17) is 0 Å². The minimum Gasteiger partial charge on any atom is -0.265 e. The van der Waals surface area contributed by atoms with Crippen LogP contribution in [0.25, 0.3) is 0 Å². The maximum absolute atomic E-state index is 4.05. The van der Waals surface area contributed by atoms with Crippen LogP contribution < -0.4 is 0 Å². The average Bonchev–Trinajstić information content (AvgIpc) is 2.88. The first-order chi connectivity index (χ1) is 9.42.